The number of sulfone groups is 1. The summed E-state index contributed by atoms with van der Waals surface area (Å²) in [5, 5.41) is 8.04. The number of aliphatic imine (C=N–C) groups is 1. The lowest BCUT2D eigenvalue weighted by atomic mass is 10.1. The predicted molar refractivity (Wildman–Crippen MR) is 147 cm³/mol. The van der Waals surface area contributed by atoms with Crippen LogP contribution in [-0.2, 0) is 22.7 Å². The van der Waals surface area contributed by atoms with Crippen molar-refractivity contribution in [3.05, 3.63) is 71.2 Å². The Balaban J connectivity index is 1.38. The highest BCUT2D eigenvalue weighted by Crippen LogP contribution is 2.39. The van der Waals surface area contributed by atoms with Crippen LogP contribution < -0.4 is 5.32 Å². The van der Waals surface area contributed by atoms with Crippen LogP contribution in [0.1, 0.15) is 54.4 Å². The summed E-state index contributed by atoms with van der Waals surface area (Å²) < 4.78 is 27.7. The Morgan fingerprint density at radius 3 is 2.50 bits per heavy atom. The van der Waals surface area contributed by atoms with E-state index in [1.54, 1.807) is 12.1 Å². The number of rotatable bonds is 7. The molecule has 0 unspecified atom stereocenters. The molecule has 4 heterocycles. The van der Waals surface area contributed by atoms with Crippen molar-refractivity contribution in [2.75, 3.05) is 11.6 Å². The van der Waals surface area contributed by atoms with Crippen LogP contribution in [0.15, 0.2) is 52.5 Å². The number of aromatic nitrogens is 5. The molecule has 3 aromatic heterocycles. The van der Waals surface area contributed by atoms with Gasteiger partial charge in [-0.05, 0) is 63.9 Å². The zero-order valence-electron chi connectivity index (χ0n) is 21.9. The Labute approximate surface area is 222 Å². The summed E-state index contributed by atoms with van der Waals surface area (Å²) in [6, 6.07) is 11.7. The van der Waals surface area contributed by atoms with Crippen LogP contribution in [0, 0.1) is 13.8 Å². The van der Waals surface area contributed by atoms with Crippen molar-refractivity contribution in [3.8, 4) is 11.3 Å². The molecule has 10 heteroatoms. The first kappa shape index (κ1) is 24.4. The Hall–Kier alpha value is -3.92. The van der Waals surface area contributed by atoms with Crippen LogP contribution >= 0.6 is 0 Å². The van der Waals surface area contributed by atoms with Gasteiger partial charge in [-0.1, -0.05) is 6.07 Å². The number of nitrogens with zero attached hydrogens (tertiary/aromatic N) is 6. The van der Waals surface area contributed by atoms with Crippen LogP contribution in [0.3, 0.4) is 0 Å². The van der Waals surface area contributed by atoms with Gasteiger partial charge < -0.3 is 5.32 Å². The van der Waals surface area contributed by atoms with E-state index in [0.29, 0.717) is 24.6 Å². The number of hydrogen-bond donors (Lipinski definition) is 1. The van der Waals surface area contributed by atoms with Crippen molar-refractivity contribution in [2.24, 2.45) is 4.99 Å². The van der Waals surface area contributed by atoms with Crippen molar-refractivity contribution in [2.45, 2.75) is 57.4 Å². The van der Waals surface area contributed by atoms with Gasteiger partial charge in [0.2, 0.25) is 0 Å². The second-order valence-corrected chi connectivity index (χ2v) is 12.2. The van der Waals surface area contributed by atoms with E-state index in [9.17, 15) is 8.42 Å². The molecular formula is C28H29N7O2S. The fourth-order valence-electron chi connectivity index (χ4n) is 4.90. The number of nitrogens with one attached hydrogen (secondary N) is 1. The Kier molecular flexibility index (Phi) is 5.86. The second kappa shape index (κ2) is 9.13. The van der Waals surface area contributed by atoms with E-state index in [2.05, 4.69) is 20.4 Å². The van der Waals surface area contributed by atoms with E-state index < -0.39 is 9.84 Å². The molecule has 1 aromatic carbocycles. The van der Waals surface area contributed by atoms with E-state index >= 15 is 0 Å². The predicted octanol–water partition coefficient (Wildman–Crippen LogP) is 5.07. The van der Waals surface area contributed by atoms with Crippen LogP contribution in [0.4, 0.5) is 17.1 Å². The maximum absolute atomic E-state index is 12.9. The van der Waals surface area contributed by atoms with Gasteiger partial charge in [-0.25, -0.2) is 18.4 Å². The SMILES string of the molecule is CC1=Nc2c(Nc3ccc(-c4ccn(C5CC5)n4)cc3S(C)(=O)=O)cc(Cc3cc(C)nc(C)n3)nc2C1. The van der Waals surface area contributed by atoms with E-state index in [1.165, 1.54) is 6.26 Å². The fraction of sp³-hybridized carbons (Fsp3) is 0.321. The minimum Gasteiger partial charge on any atom is -0.353 e. The fourth-order valence-corrected chi connectivity index (χ4v) is 5.76. The third-order valence-corrected chi connectivity index (χ3v) is 7.84. The average molecular weight is 528 g/mol. The number of fused-ring (bicyclic) bond motifs is 1. The number of pyridine rings is 1. The van der Waals surface area contributed by atoms with E-state index in [-0.39, 0.29) is 4.90 Å². The molecule has 0 amide bonds. The van der Waals surface area contributed by atoms with Gasteiger partial charge >= 0.3 is 0 Å². The summed E-state index contributed by atoms with van der Waals surface area (Å²) in [6.45, 7) is 5.80. The molecule has 1 saturated carbocycles. The maximum atomic E-state index is 12.9. The lowest BCUT2D eigenvalue weighted by molar-refractivity contribution is 0.602. The first-order valence-corrected chi connectivity index (χ1v) is 14.6. The third kappa shape index (κ3) is 4.96. The van der Waals surface area contributed by atoms with Gasteiger partial charge in [0.15, 0.2) is 9.84 Å². The highest BCUT2D eigenvalue weighted by Gasteiger charge is 2.25. The number of benzene rings is 1. The summed E-state index contributed by atoms with van der Waals surface area (Å²) in [7, 11) is -3.54. The molecule has 0 spiro atoms. The summed E-state index contributed by atoms with van der Waals surface area (Å²) in [5.41, 5.74) is 7.94. The molecule has 6 rings (SSSR count). The monoisotopic (exact) mass is 527 g/mol. The molecule has 38 heavy (non-hydrogen) atoms. The molecule has 1 aliphatic heterocycles. The number of hydrogen-bond acceptors (Lipinski definition) is 8. The summed E-state index contributed by atoms with van der Waals surface area (Å²) >= 11 is 0. The van der Waals surface area contributed by atoms with Crippen LogP contribution in [0.25, 0.3) is 11.3 Å². The molecule has 0 saturated heterocycles. The lowest BCUT2D eigenvalue weighted by Crippen LogP contribution is -2.06. The topological polar surface area (TPSA) is 115 Å². The summed E-state index contributed by atoms with van der Waals surface area (Å²) in [4.78, 5) is 18.7. The Morgan fingerprint density at radius 1 is 0.974 bits per heavy atom. The maximum Gasteiger partial charge on any atom is 0.177 e. The Bertz CT molecular complexity index is 1700. The van der Waals surface area contributed by atoms with Gasteiger partial charge in [-0.3, -0.25) is 14.7 Å². The number of aryl methyl sites for hydroxylation is 2. The van der Waals surface area contributed by atoms with Crippen molar-refractivity contribution in [3.63, 3.8) is 0 Å². The molecule has 1 N–H and O–H groups in total. The summed E-state index contributed by atoms with van der Waals surface area (Å²) in [6.07, 6.45) is 6.64. The highest BCUT2D eigenvalue weighted by molar-refractivity contribution is 7.90. The zero-order valence-corrected chi connectivity index (χ0v) is 22.7. The Morgan fingerprint density at radius 2 is 1.76 bits per heavy atom. The second-order valence-electron chi connectivity index (χ2n) is 10.2. The van der Waals surface area contributed by atoms with Gasteiger partial charge in [0, 0.05) is 48.0 Å². The molecule has 1 aliphatic carbocycles. The van der Waals surface area contributed by atoms with Gasteiger partial charge in [0.25, 0.3) is 0 Å². The highest BCUT2D eigenvalue weighted by atomic mass is 32.2. The molecule has 194 valence electrons. The first-order chi connectivity index (χ1) is 18.1. The molecule has 0 atom stereocenters. The molecule has 0 radical (unpaired) electrons. The van der Waals surface area contributed by atoms with Gasteiger partial charge in [0.05, 0.1) is 39.4 Å². The van der Waals surface area contributed by atoms with E-state index in [1.807, 2.05) is 55.9 Å². The van der Waals surface area contributed by atoms with Gasteiger partial charge in [-0.15, -0.1) is 0 Å². The third-order valence-electron chi connectivity index (χ3n) is 6.70. The molecule has 2 aliphatic rings. The quantitative estimate of drug-likeness (QED) is 0.357. The average Bonchev–Trinajstić information content (AvgIpc) is 3.43. The lowest BCUT2D eigenvalue weighted by Gasteiger charge is -2.15. The first-order valence-electron chi connectivity index (χ1n) is 12.7. The van der Waals surface area contributed by atoms with Crippen molar-refractivity contribution >= 4 is 32.6 Å². The summed E-state index contributed by atoms with van der Waals surface area (Å²) in [5.74, 6) is 0.721. The normalized spacial score (nSPS) is 14.9. The van der Waals surface area contributed by atoms with E-state index in [0.717, 1.165) is 69.8 Å². The molecule has 0 bridgehead atoms. The van der Waals surface area contributed by atoms with Gasteiger partial charge in [-0.2, -0.15) is 5.10 Å². The van der Waals surface area contributed by atoms with Crippen molar-refractivity contribution < 1.29 is 8.42 Å². The molecule has 9 nitrogen and oxygen atoms in total. The van der Waals surface area contributed by atoms with Crippen molar-refractivity contribution in [1.82, 2.24) is 24.7 Å². The van der Waals surface area contributed by atoms with Crippen molar-refractivity contribution in [1.29, 1.82) is 0 Å². The van der Waals surface area contributed by atoms with E-state index in [4.69, 9.17) is 9.98 Å². The van der Waals surface area contributed by atoms with Gasteiger partial charge in [0.1, 0.15) is 11.5 Å². The standard InChI is InChI=1S/C28H29N7O2S/c1-16-11-20(31-18(3)29-16)14-21-15-26(28-25(32-21)12-17(2)30-28)33-24-8-5-19(13-27(24)38(4,36)37)23-9-10-35(34-23)22-6-7-22/h5,8-11,13,15,22H,6-7,12,14H2,1-4H3,(H,32,33). The largest absolute Gasteiger partial charge is 0.353 e. The van der Waals surface area contributed by atoms with Crippen LogP contribution in [0.2, 0.25) is 0 Å². The minimum absolute atomic E-state index is 0.212. The molecular weight excluding hydrogens is 498 g/mol. The zero-order chi connectivity index (χ0) is 26.6. The number of anilines is 2. The smallest absolute Gasteiger partial charge is 0.177 e. The van der Waals surface area contributed by atoms with Crippen LogP contribution in [-0.4, -0.2) is 45.1 Å². The van der Waals surface area contributed by atoms with Crippen LogP contribution in [0.5, 0.6) is 0 Å². The minimum atomic E-state index is -3.54. The molecule has 1 fully saturated rings. The molecule has 4 aromatic rings.